The highest BCUT2D eigenvalue weighted by Crippen LogP contribution is 2.29. The second kappa shape index (κ2) is 10.5. The third kappa shape index (κ3) is 5.77. The summed E-state index contributed by atoms with van der Waals surface area (Å²) in [4.78, 5) is 36.6. The molecule has 0 bridgehead atoms. The van der Waals surface area contributed by atoms with Gasteiger partial charge in [0.15, 0.2) is 4.34 Å². The molecule has 11 heteroatoms. The lowest BCUT2D eigenvalue weighted by Crippen LogP contribution is -2.21. The van der Waals surface area contributed by atoms with E-state index in [2.05, 4.69) is 15.5 Å². The number of thioether (sulfide) groups is 1. The first-order valence-corrected chi connectivity index (χ1v) is 11.8. The van der Waals surface area contributed by atoms with E-state index in [1.807, 2.05) is 13.8 Å². The van der Waals surface area contributed by atoms with Crippen LogP contribution < -0.4 is 15.5 Å². The lowest BCUT2D eigenvalue weighted by Gasteiger charge is -2.09. The Morgan fingerprint density at radius 3 is 2.77 bits per heavy atom. The standard InChI is InChI=1S/C19H19N3O5S3/c1-3-11(4-2)16(24)20-18-21-22-19(30-18)29-10-12-8-13(23)14(9-26-12)27-17(25)15-6-5-7-28-15/h5-9,11H,3-4,10H2,1-2H3,(H,20,21,24). The topological polar surface area (TPSA) is 111 Å². The second-order valence-electron chi connectivity index (χ2n) is 6.11. The lowest BCUT2D eigenvalue weighted by atomic mass is 10.0. The van der Waals surface area contributed by atoms with Gasteiger partial charge in [0.2, 0.25) is 22.2 Å². The predicted octanol–water partition coefficient (Wildman–Crippen LogP) is 4.44. The smallest absolute Gasteiger partial charge is 0.353 e. The highest BCUT2D eigenvalue weighted by atomic mass is 32.2. The van der Waals surface area contributed by atoms with Crippen LogP contribution in [-0.4, -0.2) is 22.1 Å². The van der Waals surface area contributed by atoms with E-state index in [1.165, 1.54) is 40.5 Å². The molecule has 0 radical (unpaired) electrons. The van der Waals surface area contributed by atoms with Crippen molar-refractivity contribution in [2.24, 2.45) is 5.92 Å². The summed E-state index contributed by atoms with van der Waals surface area (Å²) >= 11 is 3.80. The van der Waals surface area contributed by atoms with Crippen LogP contribution in [0.3, 0.4) is 0 Å². The summed E-state index contributed by atoms with van der Waals surface area (Å²) in [5.74, 6) is -0.138. The van der Waals surface area contributed by atoms with Gasteiger partial charge in [-0.15, -0.1) is 21.5 Å². The van der Waals surface area contributed by atoms with Gasteiger partial charge in [0, 0.05) is 12.0 Å². The number of hydrogen-bond acceptors (Lipinski definition) is 10. The van der Waals surface area contributed by atoms with E-state index >= 15 is 0 Å². The average molecular weight is 466 g/mol. The molecule has 0 unspecified atom stereocenters. The maximum absolute atomic E-state index is 12.2. The molecule has 3 heterocycles. The fourth-order valence-corrected chi connectivity index (χ4v) is 4.70. The summed E-state index contributed by atoms with van der Waals surface area (Å²) in [5, 5.41) is 13.0. The number of ether oxygens (including phenoxy) is 1. The van der Waals surface area contributed by atoms with Crippen LogP contribution in [0.4, 0.5) is 5.13 Å². The number of esters is 1. The van der Waals surface area contributed by atoms with Gasteiger partial charge >= 0.3 is 5.97 Å². The van der Waals surface area contributed by atoms with Crippen molar-refractivity contribution in [1.29, 1.82) is 0 Å². The van der Waals surface area contributed by atoms with Crippen LogP contribution in [-0.2, 0) is 10.5 Å². The summed E-state index contributed by atoms with van der Waals surface area (Å²) in [7, 11) is 0. The number of aromatic nitrogens is 2. The zero-order chi connectivity index (χ0) is 21.5. The van der Waals surface area contributed by atoms with Gasteiger partial charge in [-0.25, -0.2) is 4.79 Å². The number of thiophene rings is 1. The van der Waals surface area contributed by atoms with E-state index in [0.717, 1.165) is 19.1 Å². The van der Waals surface area contributed by atoms with Crippen LogP contribution in [0.2, 0.25) is 0 Å². The zero-order valence-electron chi connectivity index (χ0n) is 16.2. The highest BCUT2D eigenvalue weighted by molar-refractivity contribution is 8.00. The first kappa shape index (κ1) is 22.2. The minimum atomic E-state index is -0.601. The molecule has 0 atom stereocenters. The Hall–Kier alpha value is -2.50. The molecule has 0 aromatic carbocycles. The molecule has 1 amide bonds. The maximum atomic E-state index is 12.2. The minimum Gasteiger partial charge on any atom is -0.464 e. The van der Waals surface area contributed by atoms with Gasteiger partial charge in [-0.1, -0.05) is 43.0 Å². The van der Waals surface area contributed by atoms with Gasteiger partial charge in [0.25, 0.3) is 0 Å². The Bertz CT molecular complexity index is 1060. The monoisotopic (exact) mass is 465 g/mol. The van der Waals surface area contributed by atoms with E-state index < -0.39 is 11.4 Å². The van der Waals surface area contributed by atoms with Gasteiger partial charge in [0.05, 0.1) is 5.75 Å². The predicted molar refractivity (Wildman–Crippen MR) is 116 cm³/mol. The molecule has 0 saturated heterocycles. The number of carbonyl (C=O) groups excluding carboxylic acids is 2. The number of hydrogen-bond donors (Lipinski definition) is 1. The molecule has 0 fully saturated rings. The fraction of sp³-hybridized carbons (Fsp3) is 0.316. The molecular weight excluding hydrogens is 446 g/mol. The molecule has 3 rings (SSSR count). The highest BCUT2D eigenvalue weighted by Gasteiger charge is 2.17. The van der Waals surface area contributed by atoms with Gasteiger partial charge in [-0.3, -0.25) is 9.59 Å². The summed E-state index contributed by atoms with van der Waals surface area (Å²) < 4.78 is 11.1. The van der Waals surface area contributed by atoms with Crippen molar-refractivity contribution in [3.8, 4) is 5.75 Å². The minimum absolute atomic E-state index is 0.0493. The quantitative estimate of drug-likeness (QED) is 0.280. The van der Waals surface area contributed by atoms with Crippen LogP contribution in [0.5, 0.6) is 5.75 Å². The molecular formula is C19H19N3O5S3. The van der Waals surface area contributed by atoms with E-state index in [0.29, 0.717) is 25.9 Å². The molecule has 0 saturated carbocycles. The van der Waals surface area contributed by atoms with Gasteiger partial charge in [-0.05, 0) is 24.3 Å². The normalized spacial score (nSPS) is 10.9. The van der Waals surface area contributed by atoms with Crippen molar-refractivity contribution in [3.05, 3.63) is 50.7 Å². The van der Waals surface area contributed by atoms with E-state index in [9.17, 15) is 14.4 Å². The number of nitrogens with zero attached hydrogens (tertiary/aromatic N) is 2. The average Bonchev–Trinajstić information content (AvgIpc) is 3.41. The Morgan fingerprint density at radius 1 is 1.30 bits per heavy atom. The van der Waals surface area contributed by atoms with Crippen molar-refractivity contribution in [2.45, 2.75) is 36.8 Å². The molecule has 158 valence electrons. The van der Waals surface area contributed by atoms with Crippen LogP contribution in [0.1, 0.15) is 42.1 Å². The molecule has 30 heavy (non-hydrogen) atoms. The first-order chi connectivity index (χ1) is 14.5. The zero-order valence-corrected chi connectivity index (χ0v) is 18.7. The van der Waals surface area contributed by atoms with Gasteiger partial charge in [0.1, 0.15) is 16.9 Å². The van der Waals surface area contributed by atoms with Crippen LogP contribution in [0.15, 0.2) is 43.4 Å². The van der Waals surface area contributed by atoms with Crippen LogP contribution in [0.25, 0.3) is 0 Å². The summed E-state index contributed by atoms with van der Waals surface area (Å²) in [6, 6.07) is 4.62. The third-order valence-electron chi connectivity index (χ3n) is 4.11. The fourth-order valence-electron chi connectivity index (χ4n) is 2.45. The van der Waals surface area contributed by atoms with Crippen molar-refractivity contribution >= 4 is 51.4 Å². The Balaban J connectivity index is 1.56. The van der Waals surface area contributed by atoms with Crippen LogP contribution in [0, 0.1) is 5.92 Å². The molecule has 0 aliphatic carbocycles. The Kier molecular flexibility index (Phi) is 7.77. The number of nitrogens with one attached hydrogen (secondary N) is 1. The summed E-state index contributed by atoms with van der Waals surface area (Å²) in [6.45, 7) is 3.94. The summed E-state index contributed by atoms with van der Waals surface area (Å²) in [6.07, 6.45) is 2.66. The number of rotatable bonds is 9. The molecule has 0 spiro atoms. The van der Waals surface area contributed by atoms with E-state index in [1.54, 1.807) is 17.5 Å². The second-order valence-corrected chi connectivity index (χ2v) is 9.25. The van der Waals surface area contributed by atoms with Crippen molar-refractivity contribution < 1.29 is 18.7 Å². The van der Waals surface area contributed by atoms with Crippen molar-refractivity contribution in [2.75, 3.05) is 5.32 Å². The largest absolute Gasteiger partial charge is 0.464 e. The van der Waals surface area contributed by atoms with Gasteiger partial charge in [-0.2, -0.15) is 0 Å². The maximum Gasteiger partial charge on any atom is 0.353 e. The SMILES string of the molecule is CCC(CC)C(=O)Nc1nnc(SCc2cc(=O)c(OC(=O)c3cccs3)co2)s1. The van der Waals surface area contributed by atoms with Crippen molar-refractivity contribution in [1.82, 2.24) is 10.2 Å². The van der Waals surface area contributed by atoms with E-state index in [4.69, 9.17) is 9.15 Å². The number of carbonyl (C=O) groups is 2. The number of anilines is 1. The molecule has 3 aromatic heterocycles. The van der Waals surface area contributed by atoms with Crippen molar-refractivity contribution in [3.63, 3.8) is 0 Å². The molecule has 0 aliphatic heterocycles. The van der Waals surface area contributed by atoms with Gasteiger partial charge < -0.3 is 14.5 Å². The Morgan fingerprint density at radius 2 is 2.10 bits per heavy atom. The summed E-state index contributed by atoms with van der Waals surface area (Å²) in [5.41, 5.74) is -0.447. The van der Waals surface area contributed by atoms with Crippen LogP contribution >= 0.6 is 34.4 Å². The third-order valence-corrected chi connectivity index (χ3v) is 6.95. The first-order valence-electron chi connectivity index (χ1n) is 9.14. The number of amides is 1. The molecule has 0 aliphatic rings. The lowest BCUT2D eigenvalue weighted by molar-refractivity contribution is -0.120. The van der Waals surface area contributed by atoms with E-state index in [-0.39, 0.29) is 17.6 Å². The Labute approximate surface area is 184 Å². The molecule has 8 nitrogen and oxygen atoms in total. The molecule has 3 aromatic rings. The molecule has 1 N–H and O–H groups in total.